The standard InChI is InChI=1S/C16H18N6O.C2HF3O2/c1-12-13(2)22(11-17-12)15-5-3-14(4-6-15)19-16(23)7-9-21-10-8-18-20-21;3-2(4,5)1(6)7/h3-6,8,10-11H,7,9H2,1-2H3,(H,19,23);(H,6,7). The van der Waals surface area contributed by atoms with E-state index in [1.165, 1.54) is 0 Å². The fourth-order valence-electron chi connectivity index (χ4n) is 2.26. The van der Waals surface area contributed by atoms with Crippen molar-refractivity contribution in [3.05, 3.63) is 54.4 Å². The molecule has 0 saturated carbocycles. The van der Waals surface area contributed by atoms with Gasteiger partial charge in [0.05, 0.1) is 24.8 Å². The molecule has 0 aliphatic heterocycles. The highest BCUT2D eigenvalue weighted by atomic mass is 19.4. The third-order valence-electron chi connectivity index (χ3n) is 3.96. The van der Waals surface area contributed by atoms with E-state index in [1.54, 1.807) is 23.4 Å². The molecular formula is C18H19F3N6O3. The van der Waals surface area contributed by atoms with Gasteiger partial charge in [0, 0.05) is 29.7 Å². The van der Waals surface area contributed by atoms with E-state index >= 15 is 0 Å². The molecule has 0 bridgehead atoms. The summed E-state index contributed by atoms with van der Waals surface area (Å²) in [5, 5.41) is 17.5. The predicted molar refractivity (Wildman–Crippen MR) is 100.0 cm³/mol. The number of carboxylic acid groups (broad SMARTS) is 1. The number of benzene rings is 1. The van der Waals surface area contributed by atoms with Crippen LogP contribution in [0.4, 0.5) is 18.9 Å². The second kappa shape index (κ2) is 9.67. The maximum absolute atomic E-state index is 11.9. The Kier molecular flexibility index (Phi) is 7.28. The van der Waals surface area contributed by atoms with Crippen LogP contribution in [0, 0.1) is 13.8 Å². The molecule has 1 aromatic carbocycles. The van der Waals surface area contributed by atoms with Crippen LogP contribution in [0.1, 0.15) is 17.8 Å². The highest BCUT2D eigenvalue weighted by Crippen LogP contribution is 2.17. The molecule has 3 aromatic rings. The topological polar surface area (TPSA) is 115 Å². The van der Waals surface area contributed by atoms with Crippen molar-refractivity contribution >= 4 is 17.6 Å². The number of halogens is 3. The van der Waals surface area contributed by atoms with E-state index in [0.29, 0.717) is 13.0 Å². The van der Waals surface area contributed by atoms with Gasteiger partial charge in [-0.15, -0.1) is 5.10 Å². The Hall–Kier alpha value is -3.70. The molecule has 0 spiro atoms. The number of anilines is 1. The highest BCUT2D eigenvalue weighted by molar-refractivity contribution is 5.90. The number of aliphatic carboxylic acids is 1. The largest absolute Gasteiger partial charge is 0.490 e. The van der Waals surface area contributed by atoms with Crippen LogP contribution >= 0.6 is 0 Å². The van der Waals surface area contributed by atoms with E-state index < -0.39 is 12.1 Å². The molecule has 30 heavy (non-hydrogen) atoms. The van der Waals surface area contributed by atoms with Crippen LogP contribution < -0.4 is 5.32 Å². The van der Waals surface area contributed by atoms with Gasteiger partial charge < -0.3 is 15.0 Å². The van der Waals surface area contributed by atoms with Gasteiger partial charge in [-0.1, -0.05) is 5.21 Å². The minimum atomic E-state index is -5.08. The third kappa shape index (κ3) is 6.43. The first-order valence-corrected chi connectivity index (χ1v) is 8.63. The third-order valence-corrected chi connectivity index (χ3v) is 3.96. The summed E-state index contributed by atoms with van der Waals surface area (Å²) >= 11 is 0. The van der Waals surface area contributed by atoms with Crippen molar-refractivity contribution in [2.45, 2.75) is 33.0 Å². The quantitative estimate of drug-likeness (QED) is 0.651. The molecule has 2 heterocycles. The number of aryl methyl sites for hydroxylation is 2. The molecule has 12 heteroatoms. The Morgan fingerprint density at radius 2 is 1.80 bits per heavy atom. The van der Waals surface area contributed by atoms with Gasteiger partial charge in [-0.05, 0) is 38.1 Å². The monoisotopic (exact) mass is 424 g/mol. The first kappa shape index (κ1) is 22.6. The maximum atomic E-state index is 11.9. The van der Waals surface area contributed by atoms with Crippen molar-refractivity contribution in [3.63, 3.8) is 0 Å². The second-order valence-corrected chi connectivity index (χ2v) is 6.10. The molecular weight excluding hydrogens is 405 g/mol. The number of imidazole rings is 1. The van der Waals surface area contributed by atoms with Gasteiger partial charge in [0.2, 0.25) is 5.91 Å². The first-order valence-electron chi connectivity index (χ1n) is 8.63. The van der Waals surface area contributed by atoms with E-state index in [-0.39, 0.29) is 5.91 Å². The van der Waals surface area contributed by atoms with E-state index in [1.807, 2.05) is 42.7 Å². The summed E-state index contributed by atoms with van der Waals surface area (Å²) in [4.78, 5) is 25.1. The molecule has 160 valence electrons. The lowest BCUT2D eigenvalue weighted by atomic mass is 10.2. The van der Waals surface area contributed by atoms with Crippen LogP contribution in [0.3, 0.4) is 0 Å². The Labute approximate surface area is 169 Å². The van der Waals surface area contributed by atoms with E-state index in [4.69, 9.17) is 9.90 Å². The number of alkyl halides is 3. The summed E-state index contributed by atoms with van der Waals surface area (Å²) in [6, 6.07) is 7.69. The molecule has 0 unspecified atom stereocenters. The SMILES string of the molecule is Cc1ncn(-c2ccc(NC(=O)CCn3ccnn3)cc2)c1C.O=C(O)C(F)(F)F. The molecule has 0 aliphatic carbocycles. The molecule has 0 radical (unpaired) electrons. The molecule has 2 aromatic heterocycles. The number of nitrogens with one attached hydrogen (secondary N) is 1. The Morgan fingerprint density at radius 3 is 2.27 bits per heavy atom. The zero-order chi connectivity index (χ0) is 22.3. The summed E-state index contributed by atoms with van der Waals surface area (Å²) in [5.74, 6) is -2.81. The molecule has 0 fully saturated rings. The number of rotatable bonds is 5. The number of hydrogen-bond donors (Lipinski definition) is 2. The number of nitrogens with zero attached hydrogens (tertiary/aromatic N) is 5. The fourth-order valence-corrected chi connectivity index (χ4v) is 2.26. The van der Waals surface area contributed by atoms with Gasteiger partial charge in [0.15, 0.2) is 0 Å². The number of carbonyl (C=O) groups excluding carboxylic acids is 1. The number of carboxylic acids is 1. The molecule has 0 aliphatic rings. The normalized spacial score (nSPS) is 10.8. The van der Waals surface area contributed by atoms with Gasteiger partial charge in [0.1, 0.15) is 0 Å². The van der Waals surface area contributed by atoms with Crippen LogP contribution in [0.15, 0.2) is 43.0 Å². The number of hydrogen-bond acceptors (Lipinski definition) is 5. The predicted octanol–water partition coefficient (Wildman–Crippen LogP) is 2.74. The summed E-state index contributed by atoms with van der Waals surface area (Å²) in [6.45, 7) is 4.52. The number of amides is 1. The van der Waals surface area contributed by atoms with E-state index in [9.17, 15) is 18.0 Å². The zero-order valence-electron chi connectivity index (χ0n) is 16.1. The number of aromatic nitrogens is 5. The zero-order valence-corrected chi connectivity index (χ0v) is 16.1. The van der Waals surface area contributed by atoms with Crippen LogP contribution in [0.2, 0.25) is 0 Å². The minimum Gasteiger partial charge on any atom is -0.475 e. The van der Waals surface area contributed by atoms with Crippen molar-refractivity contribution in [1.29, 1.82) is 0 Å². The van der Waals surface area contributed by atoms with Crippen LogP contribution in [0.25, 0.3) is 5.69 Å². The van der Waals surface area contributed by atoms with Crippen LogP contribution in [-0.2, 0) is 16.1 Å². The van der Waals surface area contributed by atoms with Gasteiger partial charge in [0.25, 0.3) is 0 Å². The van der Waals surface area contributed by atoms with Crippen LogP contribution in [-0.4, -0.2) is 47.7 Å². The van der Waals surface area contributed by atoms with Crippen LogP contribution in [0.5, 0.6) is 0 Å². The second-order valence-electron chi connectivity index (χ2n) is 6.10. The average Bonchev–Trinajstić information content (AvgIpc) is 3.31. The number of carbonyl (C=O) groups is 2. The van der Waals surface area contributed by atoms with Crippen molar-refractivity contribution < 1.29 is 27.9 Å². The smallest absolute Gasteiger partial charge is 0.475 e. The highest BCUT2D eigenvalue weighted by Gasteiger charge is 2.38. The summed E-state index contributed by atoms with van der Waals surface area (Å²) < 4.78 is 35.4. The van der Waals surface area contributed by atoms with Crippen molar-refractivity contribution in [3.8, 4) is 5.69 Å². The molecule has 2 N–H and O–H groups in total. The van der Waals surface area contributed by atoms with E-state index in [0.717, 1.165) is 22.8 Å². The van der Waals surface area contributed by atoms with Crippen molar-refractivity contribution in [2.24, 2.45) is 0 Å². The van der Waals surface area contributed by atoms with Gasteiger partial charge in [-0.3, -0.25) is 9.48 Å². The van der Waals surface area contributed by atoms with Gasteiger partial charge >= 0.3 is 12.1 Å². The summed E-state index contributed by atoms with van der Waals surface area (Å²) in [7, 11) is 0. The van der Waals surface area contributed by atoms with Crippen molar-refractivity contribution in [1.82, 2.24) is 24.5 Å². The van der Waals surface area contributed by atoms with Gasteiger partial charge in [-0.25, -0.2) is 9.78 Å². The molecule has 0 saturated heterocycles. The fraction of sp³-hybridized carbons (Fsp3) is 0.278. The first-order chi connectivity index (χ1) is 14.1. The maximum Gasteiger partial charge on any atom is 0.490 e. The minimum absolute atomic E-state index is 0.0529. The van der Waals surface area contributed by atoms with Gasteiger partial charge in [-0.2, -0.15) is 13.2 Å². The van der Waals surface area contributed by atoms with E-state index in [2.05, 4.69) is 20.6 Å². The molecule has 9 nitrogen and oxygen atoms in total. The Balaban J connectivity index is 0.000000396. The summed E-state index contributed by atoms with van der Waals surface area (Å²) in [5.41, 5.74) is 3.90. The molecule has 3 rings (SSSR count). The molecule has 0 atom stereocenters. The molecule has 1 amide bonds. The Morgan fingerprint density at radius 1 is 1.17 bits per heavy atom. The van der Waals surface area contributed by atoms with Crippen molar-refractivity contribution in [2.75, 3.05) is 5.32 Å². The average molecular weight is 424 g/mol. The lowest BCUT2D eigenvalue weighted by Crippen LogP contribution is -2.21. The Bertz CT molecular complexity index is 982. The lowest BCUT2D eigenvalue weighted by Gasteiger charge is -2.08. The lowest BCUT2D eigenvalue weighted by molar-refractivity contribution is -0.192. The summed E-state index contributed by atoms with van der Waals surface area (Å²) in [6.07, 6.45) is 0.398.